The maximum atomic E-state index is 11.5. The van der Waals surface area contributed by atoms with Crippen LogP contribution in [0.4, 0.5) is 5.69 Å². The molecule has 1 aromatic carbocycles. The molecule has 2 aromatic rings. The van der Waals surface area contributed by atoms with Crippen molar-refractivity contribution in [1.82, 2.24) is 0 Å². The lowest BCUT2D eigenvalue weighted by atomic mass is 10.2. The highest BCUT2D eigenvalue weighted by molar-refractivity contribution is 7.17. The minimum Gasteiger partial charge on any atom is -0.459 e. The van der Waals surface area contributed by atoms with Gasteiger partial charge in [0.05, 0.1) is 12.3 Å². The van der Waals surface area contributed by atoms with Crippen LogP contribution in [-0.4, -0.2) is 18.5 Å². The third kappa shape index (κ3) is 2.45. The standard InChI is InChI=1S/C12H11NO3S/c1-2-16-12(15)11(14)13-9-7-17-10-6-4-3-5-8(9)10/h3-7H,2H2,1H3,(H,13,14). The fourth-order valence-corrected chi connectivity index (χ4v) is 2.34. The summed E-state index contributed by atoms with van der Waals surface area (Å²) in [6.07, 6.45) is 0. The van der Waals surface area contributed by atoms with Gasteiger partial charge in [0.2, 0.25) is 0 Å². The molecule has 1 N–H and O–H groups in total. The Morgan fingerprint density at radius 1 is 1.35 bits per heavy atom. The van der Waals surface area contributed by atoms with Gasteiger partial charge in [-0.3, -0.25) is 4.79 Å². The van der Waals surface area contributed by atoms with Crippen molar-refractivity contribution < 1.29 is 14.3 Å². The molecule has 88 valence electrons. The van der Waals surface area contributed by atoms with Crippen LogP contribution in [0.5, 0.6) is 0 Å². The van der Waals surface area contributed by atoms with Gasteiger partial charge in [-0.2, -0.15) is 0 Å². The first kappa shape index (κ1) is 11.6. The molecule has 2 rings (SSSR count). The van der Waals surface area contributed by atoms with Crippen molar-refractivity contribution in [2.24, 2.45) is 0 Å². The fourth-order valence-electron chi connectivity index (χ4n) is 1.44. The van der Waals surface area contributed by atoms with Crippen LogP contribution in [0.1, 0.15) is 6.92 Å². The second-order valence-electron chi connectivity index (χ2n) is 3.32. The van der Waals surface area contributed by atoms with Gasteiger partial charge in [-0.05, 0) is 13.0 Å². The highest BCUT2D eigenvalue weighted by Crippen LogP contribution is 2.29. The number of carbonyl (C=O) groups is 2. The highest BCUT2D eigenvalue weighted by atomic mass is 32.1. The van der Waals surface area contributed by atoms with E-state index in [1.807, 2.05) is 29.6 Å². The number of hydrogen-bond donors (Lipinski definition) is 1. The summed E-state index contributed by atoms with van der Waals surface area (Å²) in [4.78, 5) is 22.6. The molecule has 0 fully saturated rings. The molecule has 17 heavy (non-hydrogen) atoms. The lowest BCUT2D eigenvalue weighted by Gasteiger charge is -2.02. The maximum absolute atomic E-state index is 11.5. The maximum Gasteiger partial charge on any atom is 0.397 e. The number of rotatable bonds is 2. The molecular weight excluding hydrogens is 238 g/mol. The van der Waals surface area contributed by atoms with Crippen molar-refractivity contribution in [3.05, 3.63) is 29.6 Å². The van der Waals surface area contributed by atoms with E-state index in [0.717, 1.165) is 10.1 Å². The van der Waals surface area contributed by atoms with Gasteiger partial charge in [0.25, 0.3) is 0 Å². The van der Waals surface area contributed by atoms with E-state index in [9.17, 15) is 9.59 Å². The number of fused-ring (bicyclic) bond motifs is 1. The Bertz CT molecular complexity index is 562. The topological polar surface area (TPSA) is 55.4 Å². The van der Waals surface area contributed by atoms with Gasteiger partial charge >= 0.3 is 11.9 Å². The minimum absolute atomic E-state index is 0.191. The van der Waals surface area contributed by atoms with E-state index in [2.05, 4.69) is 10.1 Å². The van der Waals surface area contributed by atoms with Gasteiger partial charge in [-0.1, -0.05) is 18.2 Å². The molecule has 1 aromatic heterocycles. The number of benzene rings is 1. The lowest BCUT2D eigenvalue weighted by Crippen LogP contribution is -2.24. The third-order valence-corrected chi connectivity index (χ3v) is 3.15. The quantitative estimate of drug-likeness (QED) is 0.656. The molecule has 0 aliphatic carbocycles. The molecule has 4 nitrogen and oxygen atoms in total. The molecule has 1 heterocycles. The average Bonchev–Trinajstić information content (AvgIpc) is 2.73. The van der Waals surface area contributed by atoms with Gasteiger partial charge in [0, 0.05) is 15.5 Å². The van der Waals surface area contributed by atoms with Crippen molar-refractivity contribution in [3.63, 3.8) is 0 Å². The minimum atomic E-state index is -0.859. The monoisotopic (exact) mass is 249 g/mol. The van der Waals surface area contributed by atoms with Crippen LogP contribution in [0, 0.1) is 0 Å². The third-order valence-electron chi connectivity index (χ3n) is 2.19. The van der Waals surface area contributed by atoms with E-state index in [1.165, 1.54) is 11.3 Å². The van der Waals surface area contributed by atoms with Crippen LogP contribution in [0.15, 0.2) is 29.6 Å². The molecule has 0 aliphatic heterocycles. The molecular formula is C12H11NO3S. The van der Waals surface area contributed by atoms with E-state index in [-0.39, 0.29) is 6.61 Å². The summed E-state index contributed by atoms with van der Waals surface area (Å²) in [6, 6.07) is 7.66. The normalized spacial score (nSPS) is 10.2. The summed E-state index contributed by atoms with van der Waals surface area (Å²) in [5.41, 5.74) is 0.642. The van der Waals surface area contributed by atoms with Gasteiger partial charge < -0.3 is 10.1 Å². The summed E-state index contributed by atoms with van der Waals surface area (Å²) < 4.78 is 5.68. The van der Waals surface area contributed by atoms with E-state index in [0.29, 0.717) is 5.69 Å². The van der Waals surface area contributed by atoms with Crippen LogP contribution < -0.4 is 5.32 Å². The number of amides is 1. The van der Waals surface area contributed by atoms with Crippen molar-refractivity contribution in [1.29, 1.82) is 0 Å². The second-order valence-corrected chi connectivity index (χ2v) is 4.23. The zero-order valence-electron chi connectivity index (χ0n) is 9.23. The molecule has 1 amide bonds. The molecule has 0 radical (unpaired) electrons. The Labute approximate surface area is 102 Å². The van der Waals surface area contributed by atoms with Crippen LogP contribution in [0.25, 0.3) is 10.1 Å². The second kappa shape index (κ2) is 4.97. The number of esters is 1. The summed E-state index contributed by atoms with van der Waals surface area (Å²) in [7, 11) is 0. The van der Waals surface area contributed by atoms with Crippen LogP contribution >= 0.6 is 11.3 Å². The predicted octanol–water partition coefficient (Wildman–Crippen LogP) is 2.40. The van der Waals surface area contributed by atoms with Gasteiger partial charge in [-0.25, -0.2) is 4.79 Å². The highest BCUT2D eigenvalue weighted by Gasteiger charge is 2.16. The van der Waals surface area contributed by atoms with Gasteiger partial charge in [-0.15, -0.1) is 11.3 Å². The summed E-state index contributed by atoms with van der Waals surface area (Å²) in [6.45, 7) is 1.85. The zero-order chi connectivity index (χ0) is 12.3. The molecule has 0 saturated heterocycles. The number of ether oxygens (including phenoxy) is 1. The number of nitrogens with one attached hydrogen (secondary N) is 1. The van der Waals surface area contributed by atoms with Crippen molar-refractivity contribution in [3.8, 4) is 0 Å². The van der Waals surface area contributed by atoms with E-state index >= 15 is 0 Å². The van der Waals surface area contributed by atoms with Crippen LogP contribution in [0.2, 0.25) is 0 Å². The average molecular weight is 249 g/mol. The Morgan fingerprint density at radius 3 is 2.88 bits per heavy atom. The van der Waals surface area contributed by atoms with Crippen LogP contribution in [0.3, 0.4) is 0 Å². The summed E-state index contributed by atoms with van der Waals surface area (Å²) >= 11 is 1.51. The Hall–Kier alpha value is -1.88. The molecule has 0 unspecified atom stereocenters. The van der Waals surface area contributed by atoms with Crippen molar-refractivity contribution >= 4 is 39.0 Å². The molecule has 5 heteroatoms. The van der Waals surface area contributed by atoms with Crippen molar-refractivity contribution in [2.45, 2.75) is 6.92 Å². The van der Waals surface area contributed by atoms with E-state index in [1.54, 1.807) is 6.92 Å². The lowest BCUT2D eigenvalue weighted by molar-refractivity contribution is -0.152. The molecule has 0 spiro atoms. The number of hydrogen-bond acceptors (Lipinski definition) is 4. The fraction of sp³-hybridized carbons (Fsp3) is 0.167. The molecule has 0 atom stereocenters. The summed E-state index contributed by atoms with van der Waals surface area (Å²) in [5.74, 6) is -1.60. The van der Waals surface area contributed by atoms with E-state index in [4.69, 9.17) is 0 Å². The molecule has 0 aliphatic rings. The smallest absolute Gasteiger partial charge is 0.397 e. The van der Waals surface area contributed by atoms with Gasteiger partial charge in [0.1, 0.15) is 0 Å². The number of thiophene rings is 1. The Balaban J connectivity index is 2.19. The first-order chi connectivity index (χ1) is 8.22. The Kier molecular flexibility index (Phi) is 3.39. The van der Waals surface area contributed by atoms with E-state index < -0.39 is 11.9 Å². The first-order valence-electron chi connectivity index (χ1n) is 5.16. The first-order valence-corrected chi connectivity index (χ1v) is 6.04. The van der Waals surface area contributed by atoms with Gasteiger partial charge in [0.15, 0.2) is 0 Å². The number of carbonyl (C=O) groups excluding carboxylic acids is 2. The summed E-state index contributed by atoms with van der Waals surface area (Å²) in [5, 5.41) is 5.28. The van der Waals surface area contributed by atoms with Crippen LogP contribution in [-0.2, 0) is 14.3 Å². The molecule has 0 bridgehead atoms. The zero-order valence-corrected chi connectivity index (χ0v) is 10.0. The Morgan fingerprint density at radius 2 is 2.12 bits per heavy atom. The largest absolute Gasteiger partial charge is 0.459 e. The predicted molar refractivity (Wildman–Crippen MR) is 67.1 cm³/mol. The number of anilines is 1. The SMILES string of the molecule is CCOC(=O)C(=O)Nc1csc2ccccc12. The van der Waals surface area contributed by atoms with Crippen molar-refractivity contribution in [2.75, 3.05) is 11.9 Å². The molecule has 0 saturated carbocycles.